The lowest BCUT2D eigenvalue weighted by Crippen LogP contribution is -2.17. The second-order valence-electron chi connectivity index (χ2n) is 8.66. The maximum absolute atomic E-state index is 12.6. The zero-order chi connectivity index (χ0) is 27.2. The fraction of sp³-hybridized carbons (Fsp3) is 0.0312. The molecule has 0 saturated carbocycles. The number of hydrogen-bond acceptors (Lipinski definition) is 5. The number of nitrogens with one attached hydrogen (secondary N) is 1. The standard InChI is InChI=1S/C32H25N3O4/c1-39-32(38)24-16-18-26(19-17-24)35-28(22-10-4-2-5-11-22)20-25(30(35)23-12-6-3-7-13-23)21-33-34-31(37)27-14-8-9-15-29(27)36/h2-21,36H,1H3,(H,34,37)/b33-21-. The van der Waals surface area contributed by atoms with Crippen molar-refractivity contribution in [2.45, 2.75) is 0 Å². The molecule has 1 aromatic heterocycles. The summed E-state index contributed by atoms with van der Waals surface area (Å²) in [6, 6.07) is 35.3. The number of carbonyl (C=O) groups is 2. The molecule has 0 aliphatic carbocycles. The van der Waals surface area contributed by atoms with Crippen LogP contribution in [-0.4, -0.2) is 34.9 Å². The van der Waals surface area contributed by atoms with Crippen LogP contribution in [0.1, 0.15) is 26.3 Å². The van der Waals surface area contributed by atoms with Crippen molar-refractivity contribution in [3.63, 3.8) is 0 Å². The molecule has 0 aliphatic heterocycles. The van der Waals surface area contributed by atoms with Crippen LogP contribution in [0.15, 0.2) is 120 Å². The van der Waals surface area contributed by atoms with Gasteiger partial charge in [0, 0.05) is 11.3 Å². The van der Waals surface area contributed by atoms with Crippen LogP contribution in [-0.2, 0) is 4.74 Å². The van der Waals surface area contributed by atoms with Gasteiger partial charge in [-0.15, -0.1) is 0 Å². The third kappa shape index (κ3) is 5.33. The number of phenolic OH excluding ortho intramolecular Hbond substituents is 1. The van der Waals surface area contributed by atoms with Crippen LogP contribution in [0.2, 0.25) is 0 Å². The van der Waals surface area contributed by atoms with Crippen molar-refractivity contribution >= 4 is 18.1 Å². The summed E-state index contributed by atoms with van der Waals surface area (Å²) >= 11 is 0. The Hall–Kier alpha value is -5.43. The Bertz CT molecular complexity index is 1640. The summed E-state index contributed by atoms with van der Waals surface area (Å²) < 4.78 is 6.96. The molecular formula is C32H25N3O4. The smallest absolute Gasteiger partial charge is 0.337 e. The molecular weight excluding hydrogens is 490 g/mol. The Morgan fingerprint density at radius 3 is 2.08 bits per heavy atom. The first kappa shape index (κ1) is 25.2. The van der Waals surface area contributed by atoms with Gasteiger partial charge in [-0.1, -0.05) is 72.8 Å². The second kappa shape index (κ2) is 11.3. The first-order valence-corrected chi connectivity index (χ1v) is 12.2. The predicted octanol–water partition coefficient (Wildman–Crippen LogP) is 6.07. The highest BCUT2D eigenvalue weighted by Gasteiger charge is 2.19. The molecule has 0 fully saturated rings. The fourth-order valence-electron chi connectivity index (χ4n) is 4.36. The maximum Gasteiger partial charge on any atom is 0.337 e. The summed E-state index contributed by atoms with van der Waals surface area (Å²) in [5, 5.41) is 14.2. The number of methoxy groups -OCH3 is 1. The average molecular weight is 516 g/mol. The minimum atomic E-state index is -0.522. The lowest BCUT2D eigenvalue weighted by molar-refractivity contribution is 0.0600. The van der Waals surface area contributed by atoms with E-state index in [2.05, 4.69) is 15.1 Å². The number of phenols is 1. The first-order valence-electron chi connectivity index (χ1n) is 12.2. The molecule has 0 unspecified atom stereocenters. The number of esters is 1. The zero-order valence-electron chi connectivity index (χ0n) is 21.1. The summed E-state index contributed by atoms with van der Waals surface area (Å²) in [5.74, 6) is -1.05. The van der Waals surface area contributed by atoms with Crippen LogP contribution >= 0.6 is 0 Å². The number of para-hydroxylation sites is 1. The molecule has 2 N–H and O–H groups in total. The van der Waals surface area contributed by atoms with Gasteiger partial charge < -0.3 is 14.4 Å². The van der Waals surface area contributed by atoms with Crippen LogP contribution in [0.3, 0.4) is 0 Å². The molecule has 0 bridgehead atoms. The van der Waals surface area contributed by atoms with E-state index in [1.54, 1.807) is 30.5 Å². The topological polar surface area (TPSA) is 92.9 Å². The summed E-state index contributed by atoms with van der Waals surface area (Å²) in [4.78, 5) is 24.7. The minimum absolute atomic E-state index is 0.122. The lowest BCUT2D eigenvalue weighted by atomic mass is 10.1. The molecule has 1 heterocycles. The molecule has 7 nitrogen and oxygen atoms in total. The second-order valence-corrected chi connectivity index (χ2v) is 8.66. The van der Waals surface area contributed by atoms with E-state index in [0.717, 1.165) is 33.8 Å². The molecule has 7 heteroatoms. The van der Waals surface area contributed by atoms with Crippen molar-refractivity contribution in [2.75, 3.05) is 7.11 Å². The molecule has 0 radical (unpaired) electrons. The molecule has 0 atom stereocenters. The van der Waals surface area contributed by atoms with Crippen LogP contribution in [0.5, 0.6) is 5.75 Å². The van der Waals surface area contributed by atoms with Crippen molar-refractivity contribution < 1.29 is 19.4 Å². The molecule has 5 rings (SSSR count). The third-order valence-corrected chi connectivity index (χ3v) is 6.21. The van der Waals surface area contributed by atoms with E-state index >= 15 is 0 Å². The van der Waals surface area contributed by atoms with Gasteiger partial charge in [0.1, 0.15) is 5.75 Å². The number of benzene rings is 4. The van der Waals surface area contributed by atoms with Gasteiger partial charge in [0.25, 0.3) is 5.91 Å². The van der Waals surface area contributed by atoms with E-state index in [0.29, 0.717) is 5.56 Å². The van der Waals surface area contributed by atoms with Gasteiger partial charge in [0.2, 0.25) is 0 Å². The van der Waals surface area contributed by atoms with Gasteiger partial charge in [-0.3, -0.25) is 4.79 Å². The summed E-state index contributed by atoms with van der Waals surface area (Å²) in [7, 11) is 1.35. The maximum atomic E-state index is 12.6. The van der Waals surface area contributed by atoms with Gasteiger partial charge in [0.15, 0.2) is 0 Å². The van der Waals surface area contributed by atoms with Crippen molar-refractivity contribution in [1.82, 2.24) is 9.99 Å². The highest BCUT2D eigenvalue weighted by atomic mass is 16.5. The largest absolute Gasteiger partial charge is 0.507 e. The van der Waals surface area contributed by atoms with Gasteiger partial charge in [-0.05, 0) is 53.6 Å². The highest BCUT2D eigenvalue weighted by Crippen LogP contribution is 2.35. The molecule has 5 aromatic rings. The molecule has 4 aromatic carbocycles. The number of hydrogen-bond donors (Lipinski definition) is 2. The first-order chi connectivity index (χ1) is 19.1. The van der Waals surface area contributed by atoms with Crippen LogP contribution in [0.25, 0.3) is 28.2 Å². The summed E-state index contributed by atoms with van der Waals surface area (Å²) in [6.07, 6.45) is 1.59. The van der Waals surface area contributed by atoms with Gasteiger partial charge in [-0.2, -0.15) is 5.10 Å². The highest BCUT2D eigenvalue weighted by molar-refractivity contribution is 5.98. The molecule has 0 spiro atoms. The number of ether oxygens (including phenoxy) is 1. The van der Waals surface area contributed by atoms with E-state index < -0.39 is 11.9 Å². The molecule has 1 amide bonds. The quantitative estimate of drug-likeness (QED) is 0.156. The SMILES string of the molecule is COC(=O)c1ccc(-n2c(-c3ccccc3)cc(/C=N\NC(=O)c3ccccc3O)c2-c2ccccc2)cc1. The van der Waals surface area contributed by atoms with E-state index in [-0.39, 0.29) is 11.3 Å². The molecule has 0 aliphatic rings. The minimum Gasteiger partial charge on any atom is -0.507 e. The number of aromatic nitrogens is 1. The fourth-order valence-corrected chi connectivity index (χ4v) is 4.36. The number of nitrogens with zero attached hydrogens (tertiary/aromatic N) is 2. The van der Waals surface area contributed by atoms with Crippen molar-refractivity contribution in [1.29, 1.82) is 0 Å². The van der Waals surface area contributed by atoms with Crippen molar-refractivity contribution in [2.24, 2.45) is 5.10 Å². The van der Waals surface area contributed by atoms with Crippen LogP contribution in [0, 0.1) is 0 Å². The Morgan fingerprint density at radius 1 is 0.821 bits per heavy atom. The number of carbonyl (C=O) groups excluding carboxylic acids is 2. The Kier molecular flexibility index (Phi) is 7.32. The van der Waals surface area contributed by atoms with E-state index in [1.807, 2.05) is 78.9 Å². The van der Waals surface area contributed by atoms with E-state index in [1.165, 1.54) is 19.2 Å². The van der Waals surface area contributed by atoms with E-state index in [4.69, 9.17) is 4.74 Å². The number of rotatable bonds is 7. The number of amides is 1. The lowest BCUT2D eigenvalue weighted by Gasteiger charge is -2.15. The Labute approximate surface area is 225 Å². The van der Waals surface area contributed by atoms with Gasteiger partial charge >= 0.3 is 5.97 Å². The summed E-state index contributed by atoms with van der Waals surface area (Å²) in [5.41, 5.74) is 8.34. The predicted molar refractivity (Wildman–Crippen MR) is 151 cm³/mol. The molecule has 0 saturated heterocycles. The normalized spacial score (nSPS) is 10.9. The summed E-state index contributed by atoms with van der Waals surface area (Å²) in [6.45, 7) is 0. The molecule has 39 heavy (non-hydrogen) atoms. The number of aromatic hydroxyl groups is 1. The zero-order valence-corrected chi connectivity index (χ0v) is 21.1. The average Bonchev–Trinajstić information content (AvgIpc) is 3.37. The van der Waals surface area contributed by atoms with Gasteiger partial charge in [-0.25, -0.2) is 10.2 Å². The third-order valence-electron chi connectivity index (χ3n) is 6.21. The monoisotopic (exact) mass is 515 g/mol. The van der Waals surface area contributed by atoms with E-state index in [9.17, 15) is 14.7 Å². The van der Waals surface area contributed by atoms with Crippen LogP contribution in [0.4, 0.5) is 0 Å². The molecule has 192 valence electrons. The van der Waals surface area contributed by atoms with Crippen LogP contribution < -0.4 is 5.43 Å². The Morgan fingerprint density at radius 2 is 1.44 bits per heavy atom. The number of hydrazone groups is 1. The van der Waals surface area contributed by atoms with Crippen molar-refractivity contribution in [3.05, 3.63) is 132 Å². The van der Waals surface area contributed by atoms with Gasteiger partial charge in [0.05, 0.1) is 35.8 Å². The van der Waals surface area contributed by atoms with Crippen molar-refractivity contribution in [3.8, 4) is 34.0 Å². The Balaban J connectivity index is 1.64.